The maximum absolute atomic E-state index is 13.6. The summed E-state index contributed by atoms with van der Waals surface area (Å²) in [6.45, 7) is 0. The zero-order valence-corrected chi connectivity index (χ0v) is 19.7. The van der Waals surface area contributed by atoms with Gasteiger partial charge in [0.25, 0.3) is 0 Å². The summed E-state index contributed by atoms with van der Waals surface area (Å²) < 4.78 is 26.9. The van der Waals surface area contributed by atoms with Gasteiger partial charge in [0, 0.05) is 12.1 Å². The van der Waals surface area contributed by atoms with Crippen molar-refractivity contribution in [1.29, 1.82) is 0 Å². The Balaban J connectivity index is 1.83. The number of phenolic OH excluding ortho intramolecular Hbond substituents is 1. The van der Waals surface area contributed by atoms with Gasteiger partial charge in [-0.1, -0.05) is 18.2 Å². The van der Waals surface area contributed by atoms with E-state index in [0.717, 1.165) is 11.1 Å². The summed E-state index contributed by atoms with van der Waals surface area (Å²) in [5.41, 5.74) is 2.19. The van der Waals surface area contributed by atoms with Crippen molar-refractivity contribution < 1.29 is 33.6 Å². The molecule has 2 atom stereocenters. The zero-order valence-electron chi connectivity index (χ0n) is 19.7. The number of carbonyl (C=O) groups excluding carboxylic acids is 1. The quantitative estimate of drug-likeness (QED) is 0.496. The molecule has 1 aliphatic heterocycles. The van der Waals surface area contributed by atoms with E-state index in [1.807, 2.05) is 30.3 Å². The average molecular weight is 466 g/mol. The van der Waals surface area contributed by atoms with Crippen LogP contribution in [0.3, 0.4) is 0 Å². The summed E-state index contributed by atoms with van der Waals surface area (Å²) in [5, 5.41) is 10.4. The van der Waals surface area contributed by atoms with E-state index >= 15 is 0 Å². The van der Waals surface area contributed by atoms with Crippen molar-refractivity contribution in [3.05, 3.63) is 65.7 Å². The van der Waals surface area contributed by atoms with Crippen LogP contribution in [0.2, 0.25) is 0 Å². The second-order valence-corrected chi connectivity index (χ2v) is 7.72. The third-order valence-electron chi connectivity index (χ3n) is 6.04. The number of amides is 1. The lowest BCUT2D eigenvalue weighted by atomic mass is 9.77. The minimum Gasteiger partial charge on any atom is -0.504 e. The number of hydrogen-bond acceptors (Lipinski definition) is 7. The molecule has 8 nitrogen and oxygen atoms in total. The molecule has 1 saturated heterocycles. The predicted octanol–water partition coefficient (Wildman–Crippen LogP) is 4.31. The number of carbonyl (C=O) groups is 1. The van der Waals surface area contributed by atoms with E-state index in [-0.39, 0.29) is 17.7 Å². The third kappa shape index (κ3) is 3.81. The van der Waals surface area contributed by atoms with Gasteiger partial charge in [0.2, 0.25) is 11.7 Å². The highest BCUT2D eigenvalue weighted by atomic mass is 16.5. The lowest BCUT2D eigenvalue weighted by Crippen LogP contribution is -2.53. The highest BCUT2D eigenvalue weighted by Crippen LogP contribution is 2.52. The maximum atomic E-state index is 13.6. The molecule has 178 valence electrons. The molecular formula is C26H27NO7. The largest absolute Gasteiger partial charge is 0.504 e. The Morgan fingerprint density at radius 1 is 0.706 bits per heavy atom. The molecule has 34 heavy (non-hydrogen) atoms. The molecule has 1 N–H and O–H groups in total. The first-order valence-corrected chi connectivity index (χ1v) is 10.6. The fourth-order valence-electron chi connectivity index (χ4n) is 4.35. The summed E-state index contributed by atoms with van der Waals surface area (Å²) in [5.74, 6) is 1.82. The average Bonchev–Trinajstić information content (AvgIpc) is 2.86. The van der Waals surface area contributed by atoms with Gasteiger partial charge in [-0.15, -0.1) is 0 Å². The van der Waals surface area contributed by atoms with Crippen molar-refractivity contribution in [3.8, 4) is 34.5 Å². The number of nitrogens with zero attached hydrogens (tertiary/aromatic N) is 1. The second kappa shape index (κ2) is 9.43. The molecule has 0 aliphatic carbocycles. The highest BCUT2D eigenvalue weighted by molar-refractivity contribution is 6.07. The van der Waals surface area contributed by atoms with Crippen LogP contribution in [0.1, 0.15) is 23.1 Å². The molecule has 8 heteroatoms. The van der Waals surface area contributed by atoms with Crippen LogP contribution >= 0.6 is 0 Å². The van der Waals surface area contributed by atoms with Gasteiger partial charge in [-0.3, -0.25) is 4.79 Å². The SMILES string of the molecule is COc1ccc([C@H]2C(=O)N(c3cc(OC)c(OC)c(OC)c3)[C@@H]2c2ccc(OC)c(O)c2)cc1. The fourth-order valence-corrected chi connectivity index (χ4v) is 4.35. The Kier molecular flexibility index (Phi) is 6.40. The molecule has 3 aromatic carbocycles. The van der Waals surface area contributed by atoms with Crippen molar-refractivity contribution in [1.82, 2.24) is 0 Å². The molecule has 1 amide bonds. The van der Waals surface area contributed by atoms with Gasteiger partial charge in [-0.25, -0.2) is 0 Å². The molecule has 0 bridgehead atoms. The van der Waals surface area contributed by atoms with Gasteiger partial charge in [0.15, 0.2) is 23.0 Å². The number of β-lactam (4-membered cyclic amide) rings is 1. The lowest BCUT2D eigenvalue weighted by molar-refractivity contribution is -0.126. The number of methoxy groups -OCH3 is 5. The molecule has 1 aliphatic rings. The third-order valence-corrected chi connectivity index (χ3v) is 6.04. The molecule has 1 fully saturated rings. The Bertz CT molecular complexity index is 1170. The van der Waals surface area contributed by atoms with E-state index in [1.54, 1.807) is 36.3 Å². The van der Waals surface area contributed by atoms with Crippen molar-refractivity contribution in [2.75, 3.05) is 40.4 Å². The molecule has 0 aromatic heterocycles. The number of ether oxygens (including phenoxy) is 5. The van der Waals surface area contributed by atoms with Crippen LogP contribution in [0.25, 0.3) is 0 Å². The topological polar surface area (TPSA) is 86.7 Å². The molecule has 0 unspecified atom stereocenters. The number of phenols is 1. The van der Waals surface area contributed by atoms with E-state index in [9.17, 15) is 9.90 Å². The molecule has 1 heterocycles. The minimum absolute atomic E-state index is 0.00216. The van der Waals surface area contributed by atoms with E-state index in [0.29, 0.717) is 34.4 Å². The second-order valence-electron chi connectivity index (χ2n) is 7.72. The number of hydrogen-bond donors (Lipinski definition) is 1. The summed E-state index contributed by atoms with van der Waals surface area (Å²) in [6.07, 6.45) is 0. The molecule has 4 rings (SSSR count). The van der Waals surface area contributed by atoms with Gasteiger partial charge in [0.1, 0.15) is 5.75 Å². The van der Waals surface area contributed by atoms with Gasteiger partial charge in [0.05, 0.1) is 53.2 Å². The molecule has 0 radical (unpaired) electrons. The first-order valence-electron chi connectivity index (χ1n) is 10.6. The van der Waals surface area contributed by atoms with Gasteiger partial charge in [-0.2, -0.15) is 0 Å². The van der Waals surface area contributed by atoms with Gasteiger partial charge < -0.3 is 33.7 Å². The first kappa shape index (κ1) is 23.1. The van der Waals surface area contributed by atoms with Crippen molar-refractivity contribution in [2.45, 2.75) is 12.0 Å². The van der Waals surface area contributed by atoms with E-state index in [4.69, 9.17) is 23.7 Å². The van der Waals surface area contributed by atoms with E-state index in [2.05, 4.69) is 0 Å². The van der Waals surface area contributed by atoms with Gasteiger partial charge >= 0.3 is 0 Å². The number of aromatic hydroxyl groups is 1. The Morgan fingerprint density at radius 2 is 1.29 bits per heavy atom. The van der Waals surface area contributed by atoms with Crippen molar-refractivity contribution in [3.63, 3.8) is 0 Å². The summed E-state index contributed by atoms with van der Waals surface area (Å²) in [7, 11) is 7.66. The van der Waals surface area contributed by atoms with Crippen LogP contribution in [-0.2, 0) is 4.79 Å². The monoisotopic (exact) mass is 465 g/mol. The van der Waals surface area contributed by atoms with Crippen LogP contribution in [0.4, 0.5) is 5.69 Å². The fraction of sp³-hybridized carbons (Fsp3) is 0.269. The maximum Gasteiger partial charge on any atom is 0.237 e. The normalized spacial score (nSPS) is 17.1. The van der Waals surface area contributed by atoms with E-state index < -0.39 is 5.92 Å². The first-order chi connectivity index (χ1) is 16.5. The molecule has 0 saturated carbocycles. The Hall–Kier alpha value is -4.07. The van der Waals surface area contributed by atoms with Crippen molar-refractivity contribution in [2.24, 2.45) is 0 Å². The van der Waals surface area contributed by atoms with Crippen LogP contribution in [-0.4, -0.2) is 46.6 Å². The predicted molar refractivity (Wildman–Crippen MR) is 127 cm³/mol. The van der Waals surface area contributed by atoms with E-state index in [1.165, 1.54) is 28.4 Å². The summed E-state index contributed by atoms with van der Waals surface area (Å²) in [4.78, 5) is 15.2. The van der Waals surface area contributed by atoms with Crippen LogP contribution in [0.5, 0.6) is 34.5 Å². The number of rotatable bonds is 8. The summed E-state index contributed by atoms with van der Waals surface area (Å²) >= 11 is 0. The molecule has 3 aromatic rings. The van der Waals surface area contributed by atoms with Gasteiger partial charge in [-0.05, 0) is 35.4 Å². The zero-order chi connectivity index (χ0) is 24.4. The smallest absolute Gasteiger partial charge is 0.237 e. The number of benzene rings is 3. The standard InChI is InChI=1S/C26H27NO7/c1-30-18-9-6-15(7-10-18)23-24(16-8-11-20(31-2)19(28)12-16)27(26(23)29)17-13-21(32-3)25(34-5)22(14-17)33-4/h6-14,23-24,28H,1-5H3/t23-,24-/m1/s1. The number of anilines is 1. The lowest BCUT2D eigenvalue weighted by Gasteiger charge is -2.48. The minimum atomic E-state index is -0.460. The Morgan fingerprint density at radius 3 is 1.79 bits per heavy atom. The summed E-state index contributed by atoms with van der Waals surface area (Å²) in [6, 6.07) is 15.6. The Labute approximate surface area is 198 Å². The molecule has 0 spiro atoms. The van der Waals surface area contributed by atoms with Crippen molar-refractivity contribution >= 4 is 11.6 Å². The highest BCUT2D eigenvalue weighted by Gasteiger charge is 2.50. The molecular weight excluding hydrogens is 438 g/mol. The van der Waals surface area contributed by atoms with Crippen LogP contribution in [0.15, 0.2) is 54.6 Å². The van der Waals surface area contributed by atoms with Crippen LogP contribution in [0, 0.1) is 0 Å². The van der Waals surface area contributed by atoms with Crippen LogP contribution < -0.4 is 28.6 Å².